The Labute approximate surface area is 163 Å². The van der Waals surface area contributed by atoms with Gasteiger partial charge >= 0.3 is 11.9 Å². The molecule has 0 saturated carbocycles. The maximum atomic E-state index is 12.2. The van der Waals surface area contributed by atoms with Gasteiger partial charge < -0.3 is 15.1 Å². The van der Waals surface area contributed by atoms with E-state index in [9.17, 15) is 9.59 Å². The Bertz CT molecular complexity index is 768. The number of carboxylic acids is 2. The van der Waals surface area contributed by atoms with Crippen molar-refractivity contribution in [1.29, 1.82) is 0 Å². The van der Waals surface area contributed by atoms with Crippen LogP contribution < -0.4 is 0 Å². The van der Waals surface area contributed by atoms with Crippen LogP contribution in [0.4, 0.5) is 0 Å². The third-order valence-corrected chi connectivity index (χ3v) is 5.51. The van der Waals surface area contributed by atoms with Crippen LogP contribution in [0.3, 0.4) is 0 Å². The molecule has 0 radical (unpaired) electrons. The molecule has 1 amide bonds. The minimum Gasteiger partial charge on any atom is -0.473 e. The maximum Gasteiger partial charge on any atom is 0.414 e. The van der Waals surface area contributed by atoms with Crippen LogP contribution in [0.1, 0.15) is 19.3 Å². The summed E-state index contributed by atoms with van der Waals surface area (Å²) < 4.78 is 0. The summed E-state index contributed by atoms with van der Waals surface area (Å²) in [5.74, 6) is -3.37. The van der Waals surface area contributed by atoms with Crippen molar-refractivity contribution in [2.45, 2.75) is 0 Å². The van der Waals surface area contributed by atoms with E-state index in [0.29, 0.717) is 19.6 Å². The van der Waals surface area contributed by atoms with Gasteiger partial charge in [-0.2, -0.15) is 0 Å². The summed E-state index contributed by atoms with van der Waals surface area (Å²) in [5.41, 5.74) is 0. The molecule has 0 atom stereocenters. The first-order valence-corrected chi connectivity index (χ1v) is 9.72. The van der Waals surface area contributed by atoms with Crippen molar-refractivity contribution >= 4 is 46.3 Å². The Morgan fingerprint density at radius 2 is 1.37 bits per heavy atom. The maximum absolute atomic E-state index is 12.2. The molecule has 144 valence electrons. The van der Waals surface area contributed by atoms with Gasteiger partial charge in [0.15, 0.2) is 5.78 Å². The molecular formula is C17H18N2O6S2. The molecule has 1 aliphatic rings. The van der Waals surface area contributed by atoms with E-state index in [2.05, 4.69) is 4.90 Å². The van der Waals surface area contributed by atoms with E-state index < -0.39 is 11.9 Å². The van der Waals surface area contributed by atoms with Gasteiger partial charge in [-0.3, -0.25) is 14.5 Å². The minimum absolute atomic E-state index is 0.106. The summed E-state index contributed by atoms with van der Waals surface area (Å²) in [5, 5.41) is 18.6. The number of amides is 1. The zero-order valence-corrected chi connectivity index (χ0v) is 15.9. The van der Waals surface area contributed by atoms with Crippen LogP contribution in [0.15, 0.2) is 35.0 Å². The highest BCUT2D eigenvalue weighted by Crippen LogP contribution is 2.15. The first-order chi connectivity index (χ1) is 12.9. The molecule has 0 aromatic carbocycles. The summed E-state index contributed by atoms with van der Waals surface area (Å²) in [6.45, 7) is 3.34. The van der Waals surface area contributed by atoms with Gasteiger partial charge in [0.05, 0.1) is 16.3 Å². The van der Waals surface area contributed by atoms with Crippen LogP contribution in [0.2, 0.25) is 0 Å². The molecule has 2 N–H and O–H groups in total. The first kappa shape index (κ1) is 20.7. The van der Waals surface area contributed by atoms with Gasteiger partial charge in [0.1, 0.15) is 0 Å². The fourth-order valence-corrected chi connectivity index (χ4v) is 3.73. The molecular weight excluding hydrogens is 392 g/mol. The van der Waals surface area contributed by atoms with Gasteiger partial charge in [-0.25, -0.2) is 9.59 Å². The molecule has 2 aromatic heterocycles. The topological polar surface area (TPSA) is 115 Å². The third kappa shape index (κ3) is 6.27. The SMILES string of the molecule is O=C(CN1CCN(C(=O)c2cccs2)CC1)c1cccs1.O=C(O)C(=O)O. The van der Waals surface area contributed by atoms with Gasteiger partial charge in [0.25, 0.3) is 5.91 Å². The normalized spacial score (nSPS) is 14.1. The first-order valence-electron chi connectivity index (χ1n) is 7.96. The predicted octanol–water partition coefficient (Wildman–Crippen LogP) is 1.61. The number of aliphatic carboxylic acids is 2. The van der Waals surface area contributed by atoms with E-state index in [4.69, 9.17) is 19.8 Å². The monoisotopic (exact) mass is 410 g/mol. The van der Waals surface area contributed by atoms with Crippen LogP contribution in [-0.4, -0.2) is 76.4 Å². The summed E-state index contributed by atoms with van der Waals surface area (Å²) in [4.78, 5) is 48.1. The second-order valence-corrected chi connectivity index (χ2v) is 7.45. The second-order valence-electron chi connectivity index (χ2n) is 5.56. The van der Waals surface area contributed by atoms with Crippen molar-refractivity contribution < 1.29 is 29.4 Å². The zero-order chi connectivity index (χ0) is 19.8. The predicted molar refractivity (Wildman–Crippen MR) is 101 cm³/mol. The average Bonchev–Trinajstić information content (AvgIpc) is 3.36. The molecule has 8 nitrogen and oxygen atoms in total. The highest BCUT2D eigenvalue weighted by atomic mass is 32.1. The lowest BCUT2D eigenvalue weighted by atomic mass is 10.2. The number of carbonyl (C=O) groups excluding carboxylic acids is 2. The lowest BCUT2D eigenvalue weighted by Crippen LogP contribution is -2.49. The Kier molecular flexibility index (Phi) is 7.65. The van der Waals surface area contributed by atoms with Crippen molar-refractivity contribution in [3.63, 3.8) is 0 Å². The second kappa shape index (κ2) is 9.95. The molecule has 2 aromatic rings. The molecule has 1 aliphatic heterocycles. The lowest BCUT2D eigenvalue weighted by molar-refractivity contribution is -0.159. The van der Waals surface area contributed by atoms with Gasteiger partial charge in [-0.15, -0.1) is 22.7 Å². The van der Waals surface area contributed by atoms with Gasteiger partial charge in [-0.05, 0) is 22.9 Å². The molecule has 0 unspecified atom stereocenters. The zero-order valence-electron chi connectivity index (χ0n) is 14.2. The molecule has 3 heterocycles. The van der Waals surface area contributed by atoms with Crippen LogP contribution in [-0.2, 0) is 9.59 Å². The molecule has 0 bridgehead atoms. The number of carboxylic acid groups (broad SMARTS) is 2. The molecule has 10 heteroatoms. The van der Waals surface area contributed by atoms with Gasteiger partial charge in [-0.1, -0.05) is 12.1 Å². The van der Waals surface area contributed by atoms with E-state index >= 15 is 0 Å². The van der Waals surface area contributed by atoms with Crippen molar-refractivity contribution in [3.8, 4) is 0 Å². The quantitative estimate of drug-likeness (QED) is 0.581. The number of thiophene rings is 2. The van der Waals surface area contributed by atoms with E-state index in [0.717, 1.165) is 22.8 Å². The standard InChI is InChI=1S/C15H16N2O2S2.C2H2O4/c18-12(13-3-1-9-20-13)11-16-5-7-17(8-6-16)15(19)14-4-2-10-21-14;3-1(4)2(5)6/h1-4,9-10H,5-8,11H2;(H,3,4)(H,5,6). The fraction of sp³-hybridized carbons (Fsp3) is 0.294. The Balaban J connectivity index is 0.000000380. The highest BCUT2D eigenvalue weighted by Gasteiger charge is 2.24. The summed E-state index contributed by atoms with van der Waals surface area (Å²) in [7, 11) is 0. The molecule has 0 spiro atoms. The largest absolute Gasteiger partial charge is 0.473 e. The van der Waals surface area contributed by atoms with Crippen molar-refractivity contribution in [2.75, 3.05) is 32.7 Å². The summed E-state index contributed by atoms with van der Waals surface area (Å²) >= 11 is 2.96. The van der Waals surface area contributed by atoms with E-state index in [1.807, 2.05) is 39.9 Å². The van der Waals surface area contributed by atoms with Crippen LogP contribution in [0, 0.1) is 0 Å². The third-order valence-electron chi connectivity index (χ3n) is 3.74. The number of ketones is 1. The number of hydrogen-bond donors (Lipinski definition) is 2. The minimum atomic E-state index is -1.82. The summed E-state index contributed by atoms with van der Waals surface area (Å²) in [6.07, 6.45) is 0. The number of Topliss-reactive ketones (excluding diaryl/α,β-unsaturated/α-hetero) is 1. The molecule has 1 fully saturated rings. The highest BCUT2D eigenvalue weighted by molar-refractivity contribution is 7.12. The van der Waals surface area contributed by atoms with Gasteiger partial charge in [0, 0.05) is 26.2 Å². The Hall–Kier alpha value is -2.56. The van der Waals surface area contributed by atoms with Crippen LogP contribution in [0.25, 0.3) is 0 Å². The molecule has 27 heavy (non-hydrogen) atoms. The number of piperazine rings is 1. The number of hydrogen-bond acceptors (Lipinski definition) is 7. The van der Waals surface area contributed by atoms with Crippen molar-refractivity contribution in [2.24, 2.45) is 0 Å². The smallest absolute Gasteiger partial charge is 0.414 e. The van der Waals surface area contributed by atoms with Crippen LogP contribution >= 0.6 is 22.7 Å². The number of nitrogens with zero attached hydrogens (tertiary/aromatic N) is 2. The molecule has 0 aliphatic carbocycles. The van der Waals surface area contributed by atoms with Crippen molar-refractivity contribution in [3.05, 3.63) is 44.8 Å². The van der Waals surface area contributed by atoms with E-state index in [1.54, 1.807) is 0 Å². The van der Waals surface area contributed by atoms with Gasteiger partial charge in [0.2, 0.25) is 0 Å². The Morgan fingerprint density at radius 3 is 1.81 bits per heavy atom. The Morgan fingerprint density at radius 1 is 0.852 bits per heavy atom. The molecule has 1 saturated heterocycles. The number of rotatable bonds is 4. The van der Waals surface area contributed by atoms with Crippen molar-refractivity contribution in [1.82, 2.24) is 9.80 Å². The molecule has 3 rings (SSSR count). The summed E-state index contributed by atoms with van der Waals surface area (Å²) in [6, 6.07) is 7.52. The average molecular weight is 410 g/mol. The van der Waals surface area contributed by atoms with E-state index in [1.165, 1.54) is 22.7 Å². The van der Waals surface area contributed by atoms with Crippen LogP contribution in [0.5, 0.6) is 0 Å². The fourth-order valence-electron chi connectivity index (χ4n) is 2.38. The number of carbonyl (C=O) groups is 4. The van der Waals surface area contributed by atoms with E-state index in [-0.39, 0.29) is 11.7 Å². The lowest BCUT2D eigenvalue weighted by Gasteiger charge is -2.34.